The third kappa shape index (κ3) is 4.66. The molecular formula is C8H15NS. The van der Waals surface area contributed by atoms with Gasteiger partial charge < -0.3 is 0 Å². The number of thiocarbonyl (C=S) groups is 1. The van der Waals surface area contributed by atoms with Crippen molar-refractivity contribution in [1.29, 1.82) is 0 Å². The van der Waals surface area contributed by atoms with Gasteiger partial charge in [-0.15, -0.1) is 0 Å². The lowest BCUT2D eigenvalue weighted by atomic mass is 10.0. The van der Waals surface area contributed by atoms with Gasteiger partial charge in [0.1, 0.15) is 0 Å². The van der Waals surface area contributed by atoms with Crippen molar-refractivity contribution in [2.75, 3.05) is 0 Å². The Labute approximate surface area is 68.5 Å². The fourth-order valence-electron chi connectivity index (χ4n) is 0.892. The van der Waals surface area contributed by atoms with Gasteiger partial charge in [-0.2, -0.15) is 0 Å². The van der Waals surface area contributed by atoms with Crippen LogP contribution in [0, 0.1) is 5.92 Å². The zero-order valence-corrected chi connectivity index (χ0v) is 7.74. The minimum Gasteiger partial charge on any atom is -0.229 e. The first kappa shape index (κ1) is 9.80. The molecule has 0 aromatic carbocycles. The van der Waals surface area contributed by atoms with Gasteiger partial charge in [0.15, 0.2) is 0 Å². The second kappa shape index (κ2) is 5.57. The van der Waals surface area contributed by atoms with Crippen LogP contribution in [0.4, 0.5) is 0 Å². The molecule has 10 heavy (non-hydrogen) atoms. The standard InChI is InChI=1S/C8H15NS/c1-4-7(2)5-8(3)9-6-10/h7-8H,4-5H2,1-3H3. The van der Waals surface area contributed by atoms with Gasteiger partial charge in [0.05, 0.1) is 11.2 Å². The van der Waals surface area contributed by atoms with Gasteiger partial charge in [0.2, 0.25) is 0 Å². The highest BCUT2D eigenvalue weighted by Crippen LogP contribution is 2.10. The van der Waals surface area contributed by atoms with Gasteiger partial charge in [0, 0.05) is 0 Å². The molecule has 0 rings (SSSR count). The monoisotopic (exact) mass is 157 g/mol. The van der Waals surface area contributed by atoms with Crippen molar-refractivity contribution >= 4 is 17.4 Å². The van der Waals surface area contributed by atoms with Crippen LogP contribution >= 0.6 is 12.2 Å². The lowest BCUT2D eigenvalue weighted by Gasteiger charge is -2.09. The van der Waals surface area contributed by atoms with E-state index in [0.717, 1.165) is 12.3 Å². The summed E-state index contributed by atoms with van der Waals surface area (Å²) in [6.45, 7) is 6.50. The van der Waals surface area contributed by atoms with E-state index in [-0.39, 0.29) is 0 Å². The van der Waals surface area contributed by atoms with Gasteiger partial charge >= 0.3 is 0 Å². The molecule has 0 saturated heterocycles. The molecule has 0 saturated carbocycles. The molecule has 0 fully saturated rings. The van der Waals surface area contributed by atoms with Crippen molar-refractivity contribution in [3.05, 3.63) is 0 Å². The molecule has 0 aliphatic heterocycles. The molecule has 0 aliphatic rings. The van der Waals surface area contributed by atoms with E-state index in [4.69, 9.17) is 0 Å². The van der Waals surface area contributed by atoms with Crippen LogP contribution in [0.25, 0.3) is 0 Å². The minimum atomic E-state index is 0.354. The lowest BCUT2D eigenvalue weighted by molar-refractivity contribution is 0.472. The van der Waals surface area contributed by atoms with Crippen LogP contribution in [0.2, 0.25) is 0 Å². The number of isothiocyanates is 1. The molecule has 1 nitrogen and oxygen atoms in total. The first-order chi connectivity index (χ1) is 4.70. The Morgan fingerprint density at radius 1 is 1.50 bits per heavy atom. The van der Waals surface area contributed by atoms with Crippen LogP contribution in [0.3, 0.4) is 0 Å². The maximum atomic E-state index is 4.50. The maximum Gasteiger partial charge on any atom is 0.0587 e. The largest absolute Gasteiger partial charge is 0.229 e. The van der Waals surface area contributed by atoms with Crippen LogP contribution in [-0.2, 0) is 0 Å². The Morgan fingerprint density at radius 3 is 2.50 bits per heavy atom. The first-order valence-electron chi connectivity index (χ1n) is 3.77. The summed E-state index contributed by atoms with van der Waals surface area (Å²) in [5, 5.41) is 2.41. The summed E-state index contributed by atoms with van der Waals surface area (Å²) in [4.78, 5) is 3.98. The first-order valence-corrected chi connectivity index (χ1v) is 4.18. The van der Waals surface area contributed by atoms with E-state index in [1.807, 2.05) is 0 Å². The molecular weight excluding hydrogens is 142 g/mol. The maximum absolute atomic E-state index is 4.50. The van der Waals surface area contributed by atoms with E-state index < -0.39 is 0 Å². The third-order valence-corrected chi connectivity index (χ3v) is 1.82. The van der Waals surface area contributed by atoms with E-state index in [1.165, 1.54) is 6.42 Å². The smallest absolute Gasteiger partial charge is 0.0587 e. The fraction of sp³-hybridized carbons (Fsp3) is 0.875. The molecule has 0 heterocycles. The molecule has 0 N–H and O–H groups in total. The number of aliphatic imine (C=N–C) groups is 1. The summed E-state index contributed by atoms with van der Waals surface area (Å²) in [5.41, 5.74) is 0. The average Bonchev–Trinajstić information content (AvgIpc) is 1.88. The molecule has 0 radical (unpaired) electrons. The highest BCUT2D eigenvalue weighted by molar-refractivity contribution is 7.78. The molecule has 0 aliphatic carbocycles. The molecule has 0 amide bonds. The third-order valence-electron chi connectivity index (χ3n) is 1.71. The SMILES string of the molecule is CCC(C)CC(C)N=C=S. The Hall–Kier alpha value is -0.200. The van der Waals surface area contributed by atoms with Crippen LogP contribution in [0.1, 0.15) is 33.6 Å². The molecule has 2 heteroatoms. The number of nitrogens with zero attached hydrogens (tertiary/aromatic N) is 1. The van der Waals surface area contributed by atoms with Gasteiger partial charge in [0.25, 0.3) is 0 Å². The van der Waals surface area contributed by atoms with Crippen molar-refractivity contribution in [1.82, 2.24) is 0 Å². The van der Waals surface area contributed by atoms with E-state index in [9.17, 15) is 0 Å². The number of rotatable bonds is 4. The summed E-state index contributed by atoms with van der Waals surface area (Å²) in [7, 11) is 0. The molecule has 0 aromatic rings. The second-order valence-corrected chi connectivity index (χ2v) is 3.00. The van der Waals surface area contributed by atoms with Crippen LogP contribution < -0.4 is 0 Å². The molecule has 0 aromatic heterocycles. The summed E-state index contributed by atoms with van der Waals surface area (Å²) in [5.74, 6) is 0.752. The van der Waals surface area contributed by atoms with Gasteiger partial charge in [-0.3, -0.25) is 0 Å². The van der Waals surface area contributed by atoms with E-state index in [0.29, 0.717) is 6.04 Å². The zero-order chi connectivity index (χ0) is 7.98. The molecule has 58 valence electrons. The summed E-state index contributed by atoms with van der Waals surface area (Å²) in [6, 6.07) is 0.354. The number of hydrogen-bond acceptors (Lipinski definition) is 2. The van der Waals surface area contributed by atoms with Crippen LogP contribution in [-0.4, -0.2) is 11.2 Å². The normalized spacial score (nSPS) is 15.5. The molecule has 0 bridgehead atoms. The van der Waals surface area contributed by atoms with E-state index >= 15 is 0 Å². The minimum absolute atomic E-state index is 0.354. The molecule has 2 unspecified atom stereocenters. The van der Waals surface area contributed by atoms with Gasteiger partial charge in [-0.25, -0.2) is 4.99 Å². The average molecular weight is 157 g/mol. The van der Waals surface area contributed by atoms with Gasteiger partial charge in [-0.1, -0.05) is 20.3 Å². The molecule has 0 spiro atoms. The van der Waals surface area contributed by atoms with Crippen molar-refractivity contribution in [3.63, 3.8) is 0 Å². The topological polar surface area (TPSA) is 12.4 Å². The summed E-state index contributed by atoms with van der Waals surface area (Å²) in [6.07, 6.45) is 2.34. The van der Waals surface area contributed by atoms with Crippen molar-refractivity contribution in [2.45, 2.75) is 39.7 Å². The van der Waals surface area contributed by atoms with Crippen molar-refractivity contribution in [2.24, 2.45) is 10.9 Å². The molecule has 2 atom stereocenters. The van der Waals surface area contributed by atoms with Crippen LogP contribution in [0.15, 0.2) is 4.99 Å². The Bertz CT molecular complexity index is 127. The second-order valence-electron chi connectivity index (χ2n) is 2.82. The van der Waals surface area contributed by atoms with Crippen molar-refractivity contribution in [3.8, 4) is 0 Å². The quantitative estimate of drug-likeness (QED) is 0.451. The predicted molar refractivity (Wildman–Crippen MR) is 48.6 cm³/mol. The van der Waals surface area contributed by atoms with Crippen LogP contribution in [0.5, 0.6) is 0 Å². The highest BCUT2D eigenvalue weighted by Gasteiger charge is 2.03. The predicted octanol–water partition coefficient (Wildman–Crippen LogP) is 2.91. The Kier molecular flexibility index (Phi) is 5.46. The summed E-state index contributed by atoms with van der Waals surface area (Å²) < 4.78 is 0. The van der Waals surface area contributed by atoms with E-state index in [1.54, 1.807) is 0 Å². The Balaban J connectivity index is 3.56. The Morgan fingerprint density at radius 2 is 2.10 bits per heavy atom. The summed E-state index contributed by atoms with van der Waals surface area (Å²) >= 11 is 4.50. The zero-order valence-electron chi connectivity index (χ0n) is 6.92. The van der Waals surface area contributed by atoms with Crippen molar-refractivity contribution < 1.29 is 0 Å². The van der Waals surface area contributed by atoms with Gasteiger partial charge in [-0.05, 0) is 31.5 Å². The fourth-order valence-corrected chi connectivity index (χ4v) is 1.07. The number of hydrogen-bond donors (Lipinski definition) is 0. The lowest BCUT2D eigenvalue weighted by Crippen LogP contribution is -2.04. The van der Waals surface area contributed by atoms with E-state index in [2.05, 4.69) is 43.1 Å². The highest BCUT2D eigenvalue weighted by atomic mass is 32.1.